The Morgan fingerprint density at radius 1 is 1.32 bits per heavy atom. The number of rotatable bonds is 3. The zero-order valence-corrected chi connectivity index (χ0v) is 10.1. The van der Waals surface area contributed by atoms with Crippen LogP contribution in [0.1, 0.15) is 18.5 Å². The summed E-state index contributed by atoms with van der Waals surface area (Å²) in [5.74, 6) is 0.317. The molecule has 1 aromatic rings. The number of pyridine rings is 1. The molecular formula is C12H13F3N2O2. The van der Waals surface area contributed by atoms with Crippen molar-refractivity contribution in [1.82, 2.24) is 9.88 Å². The first-order chi connectivity index (χ1) is 8.99. The van der Waals surface area contributed by atoms with Crippen molar-refractivity contribution in [2.45, 2.75) is 25.1 Å². The van der Waals surface area contributed by atoms with Crippen molar-refractivity contribution in [3.05, 3.63) is 24.0 Å². The second-order valence-electron chi connectivity index (χ2n) is 4.34. The van der Waals surface area contributed by atoms with Gasteiger partial charge in [-0.1, -0.05) is 0 Å². The van der Waals surface area contributed by atoms with E-state index in [1.54, 1.807) is 4.90 Å². The van der Waals surface area contributed by atoms with E-state index in [0.717, 1.165) is 18.7 Å². The Balaban J connectivity index is 1.92. The van der Waals surface area contributed by atoms with Crippen LogP contribution in [0.4, 0.5) is 13.2 Å². The van der Waals surface area contributed by atoms with Gasteiger partial charge in [0.15, 0.2) is 0 Å². The maximum Gasteiger partial charge on any atom is 0.433 e. The minimum absolute atomic E-state index is 0.0882. The number of alkyl halides is 3. The zero-order chi connectivity index (χ0) is 13.9. The first kappa shape index (κ1) is 13.6. The van der Waals surface area contributed by atoms with Crippen molar-refractivity contribution >= 4 is 6.41 Å². The fourth-order valence-electron chi connectivity index (χ4n) is 1.91. The molecule has 0 atom stereocenters. The second kappa shape index (κ2) is 5.46. The molecule has 2 rings (SSSR count). The van der Waals surface area contributed by atoms with E-state index in [-0.39, 0.29) is 6.10 Å². The zero-order valence-electron chi connectivity index (χ0n) is 10.1. The third-order valence-corrected chi connectivity index (χ3v) is 2.96. The van der Waals surface area contributed by atoms with Crippen LogP contribution in [0, 0.1) is 0 Å². The van der Waals surface area contributed by atoms with Crippen LogP contribution in [0.15, 0.2) is 18.3 Å². The number of piperidine rings is 1. The molecule has 0 aliphatic carbocycles. The van der Waals surface area contributed by atoms with E-state index in [0.29, 0.717) is 31.7 Å². The number of carbonyl (C=O) groups is 1. The van der Waals surface area contributed by atoms with E-state index >= 15 is 0 Å². The van der Waals surface area contributed by atoms with Gasteiger partial charge >= 0.3 is 6.18 Å². The average molecular weight is 274 g/mol. The van der Waals surface area contributed by atoms with Gasteiger partial charge in [0.2, 0.25) is 6.41 Å². The Labute approximate surface area is 108 Å². The lowest BCUT2D eigenvalue weighted by atomic mass is 10.1. The summed E-state index contributed by atoms with van der Waals surface area (Å²) in [6.45, 7) is 1.20. The van der Waals surface area contributed by atoms with Gasteiger partial charge in [0.05, 0.1) is 6.20 Å². The number of nitrogens with zero attached hydrogens (tertiary/aromatic N) is 2. The number of hydrogen-bond acceptors (Lipinski definition) is 3. The highest BCUT2D eigenvalue weighted by molar-refractivity contribution is 5.47. The van der Waals surface area contributed by atoms with Crippen LogP contribution in [-0.2, 0) is 11.0 Å². The van der Waals surface area contributed by atoms with Crippen molar-refractivity contribution in [1.29, 1.82) is 0 Å². The third-order valence-electron chi connectivity index (χ3n) is 2.96. The number of ether oxygens (including phenoxy) is 1. The lowest BCUT2D eigenvalue weighted by Crippen LogP contribution is -2.37. The maximum atomic E-state index is 12.3. The van der Waals surface area contributed by atoms with Crippen LogP contribution in [0.3, 0.4) is 0 Å². The Bertz CT molecular complexity index is 426. The van der Waals surface area contributed by atoms with Gasteiger partial charge in [-0.05, 0) is 12.1 Å². The fraction of sp³-hybridized carbons (Fsp3) is 0.500. The number of hydrogen-bond donors (Lipinski definition) is 0. The van der Waals surface area contributed by atoms with E-state index in [2.05, 4.69) is 4.98 Å². The SMILES string of the molecule is O=CN1CCC(Oc2ccc(C(F)(F)F)nc2)CC1. The average Bonchev–Trinajstić information content (AvgIpc) is 2.39. The molecule has 1 aliphatic rings. The molecule has 0 spiro atoms. The van der Waals surface area contributed by atoms with E-state index in [9.17, 15) is 18.0 Å². The molecule has 19 heavy (non-hydrogen) atoms. The first-order valence-corrected chi connectivity index (χ1v) is 5.88. The summed E-state index contributed by atoms with van der Waals surface area (Å²) >= 11 is 0. The van der Waals surface area contributed by atoms with Crippen molar-refractivity contribution in [2.75, 3.05) is 13.1 Å². The number of carbonyl (C=O) groups excluding carboxylic acids is 1. The minimum atomic E-state index is -4.44. The maximum absolute atomic E-state index is 12.3. The third kappa shape index (κ3) is 3.59. The Hall–Kier alpha value is -1.79. The molecule has 0 unspecified atom stereocenters. The van der Waals surface area contributed by atoms with Gasteiger partial charge in [-0.15, -0.1) is 0 Å². The molecule has 0 N–H and O–H groups in total. The molecular weight excluding hydrogens is 261 g/mol. The molecule has 1 aliphatic heterocycles. The number of amides is 1. The van der Waals surface area contributed by atoms with E-state index in [4.69, 9.17) is 4.74 Å². The Morgan fingerprint density at radius 2 is 2.00 bits per heavy atom. The second-order valence-corrected chi connectivity index (χ2v) is 4.34. The molecule has 104 valence electrons. The van der Waals surface area contributed by atoms with Gasteiger partial charge in [-0.25, -0.2) is 4.98 Å². The summed E-state index contributed by atoms with van der Waals surface area (Å²) < 4.78 is 42.5. The van der Waals surface area contributed by atoms with Gasteiger partial charge in [-0.3, -0.25) is 4.79 Å². The van der Waals surface area contributed by atoms with Crippen LogP contribution in [-0.4, -0.2) is 35.5 Å². The van der Waals surface area contributed by atoms with Crippen molar-refractivity contribution in [2.24, 2.45) is 0 Å². The molecule has 1 saturated heterocycles. The highest BCUT2D eigenvalue weighted by Crippen LogP contribution is 2.28. The van der Waals surface area contributed by atoms with Crippen LogP contribution < -0.4 is 4.74 Å². The fourth-order valence-corrected chi connectivity index (χ4v) is 1.91. The highest BCUT2D eigenvalue weighted by atomic mass is 19.4. The normalized spacial score (nSPS) is 17.3. The largest absolute Gasteiger partial charge is 0.489 e. The molecule has 0 radical (unpaired) electrons. The monoisotopic (exact) mass is 274 g/mol. The predicted molar refractivity (Wildman–Crippen MR) is 60.5 cm³/mol. The minimum Gasteiger partial charge on any atom is -0.489 e. The van der Waals surface area contributed by atoms with Gasteiger partial charge in [0.1, 0.15) is 17.5 Å². The number of aromatic nitrogens is 1. The van der Waals surface area contributed by atoms with Crippen LogP contribution in [0.25, 0.3) is 0 Å². The standard InChI is InChI=1S/C12H13F3N2O2/c13-12(14,15)11-2-1-10(7-16-11)19-9-3-5-17(8-18)6-4-9/h1-2,7-9H,3-6H2. The smallest absolute Gasteiger partial charge is 0.433 e. The van der Waals surface area contributed by atoms with Gasteiger partial charge < -0.3 is 9.64 Å². The van der Waals surface area contributed by atoms with E-state index in [1.165, 1.54) is 6.07 Å². The van der Waals surface area contributed by atoms with Crippen LogP contribution in [0.5, 0.6) is 5.75 Å². The molecule has 4 nitrogen and oxygen atoms in total. The van der Waals surface area contributed by atoms with Crippen LogP contribution >= 0.6 is 0 Å². The molecule has 2 heterocycles. The highest BCUT2D eigenvalue weighted by Gasteiger charge is 2.32. The van der Waals surface area contributed by atoms with E-state index < -0.39 is 11.9 Å². The summed E-state index contributed by atoms with van der Waals surface area (Å²) in [5.41, 5.74) is -0.935. The lowest BCUT2D eigenvalue weighted by molar-refractivity contribution is -0.141. The molecule has 1 amide bonds. The predicted octanol–water partition coefficient (Wildman–Crippen LogP) is 2.10. The molecule has 1 fully saturated rings. The van der Waals surface area contributed by atoms with Gasteiger partial charge in [0.25, 0.3) is 0 Å². The van der Waals surface area contributed by atoms with Crippen molar-refractivity contribution in [3.8, 4) is 5.75 Å². The molecule has 0 bridgehead atoms. The molecule has 7 heteroatoms. The van der Waals surface area contributed by atoms with Crippen molar-refractivity contribution in [3.63, 3.8) is 0 Å². The van der Waals surface area contributed by atoms with E-state index in [1.807, 2.05) is 0 Å². The topological polar surface area (TPSA) is 42.4 Å². The molecule has 0 aromatic carbocycles. The Morgan fingerprint density at radius 3 is 2.47 bits per heavy atom. The lowest BCUT2D eigenvalue weighted by Gasteiger charge is -2.29. The van der Waals surface area contributed by atoms with Crippen LogP contribution in [0.2, 0.25) is 0 Å². The van der Waals surface area contributed by atoms with Gasteiger partial charge in [0, 0.05) is 25.9 Å². The number of halogens is 3. The van der Waals surface area contributed by atoms with Crippen molar-refractivity contribution < 1.29 is 22.7 Å². The summed E-state index contributed by atoms with van der Waals surface area (Å²) in [4.78, 5) is 15.5. The summed E-state index contributed by atoms with van der Waals surface area (Å²) in [6.07, 6.45) is -1.33. The Kier molecular flexibility index (Phi) is 3.92. The number of likely N-dealkylation sites (tertiary alicyclic amines) is 1. The molecule has 0 saturated carbocycles. The molecule has 1 aromatic heterocycles. The first-order valence-electron chi connectivity index (χ1n) is 5.88. The quantitative estimate of drug-likeness (QED) is 0.793. The summed E-state index contributed by atoms with van der Waals surface area (Å²) in [5, 5.41) is 0. The summed E-state index contributed by atoms with van der Waals surface area (Å²) in [6, 6.07) is 2.16. The summed E-state index contributed by atoms with van der Waals surface area (Å²) in [7, 11) is 0. The van der Waals surface area contributed by atoms with Gasteiger partial charge in [-0.2, -0.15) is 13.2 Å².